The molecule has 0 bridgehead atoms. The Kier molecular flexibility index (Phi) is 7.72. The maximum absolute atomic E-state index is 10.0. The molecule has 1 aromatic rings. The van der Waals surface area contributed by atoms with Gasteiger partial charge in [-0.1, -0.05) is 38.1 Å². The molecule has 0 radical (unpaired) electrons. The molecule has 0 aliphatic carbocycles. The number of rotatable bonds is 9. The molecule has 0 amide bonds. The zero-order valence-electron chi connectivity index (χ0n) is 12.4. The SMILES string of the molecule is CCOCCNCC(O)c1ccc(CC(C)C)cc1. The number of aliphatic hydroxyl groups excluding tert-OH is 1. The third-order valence-electron chi connectivity index (χ3n) is 2.97. The summed E-state index contributed by atoms with van der Waals surface area (Å²) in [6.45, 7) is 9.18. The zero-order valence-corrected chi connectivity index (χ0v) is 12.4. The lowest BCUT2D eigenvalue weighted by atomic mass is 10.0. The summed E-state index contributed by atoms with van der Waals surface area (Å²) in [5, 5.41) is 13.2. The Bertz CT molecular complexity index is 335. The van der Waals surface area contributed by atoms with Gasteiger partial charge in [0.1, 0.15) is 0 Å². The third kappa shape index (κ3) is 6.71. The van der Waals surface area contributed by atoms with E-state index >= 15 is 0 Å². The van der Waals surface area contributed by atoms with E-state index < -0.39 is 6.10 Å². The normalized spacial score (nSPS) is 12.9. The molecule has 1 aromatic carbocycles. The third-order valence-corrected chi connectivity index (χ3v) is 2.97. The van der Waals surface area contributed by atoms with Gasteiger partial charge >= 0.3 is 0 Å². The molecule has 0 aliphatic rings. The number of nitrogens with one attached hydrogen (secondary N) is 1. The Labute approximate surface area is 117 Å². The summed E-state index contributed by atoms with van der Waals surface area (Å²) in [5.41, 5.74) is 2.30. The van der Waals surface area contributed by atoms with Crippen LogP contribution in [0.25, 0.3) is 0 Å². The van der Waals surface area contributed by atoms with E-state index in [0.717, 1.165) is 25.1 Å². The summed E-state index contributed by atoms with van der Waals surface area (Å²) in [7, 11) is 0. The molecule has 0 heterocycles. The lowest BCUT2D eigenvalue weighted by Crippen LogP contribution is -2.25. The molecule has 108 valence electrons. The van der Waals surface area contributed by atoms with Crippen LogP contribution in [0.3, 0.4) is 0 Å². The lowest BCUT2D eigenvalue weighted by Gasteiger charge is -2.13. The fourth-order valence-electron chi connectivity index (χ4n) is 1.99. The Morgan fingerprint density at radius 3 is 2.47 bits per heavy atom. The molecule has 1 unspecified atom stereocenters. The first kappa shape index (κ1) is 16.2. The number of benzene rings is 1. The van der Waals surface area contributed by atoms with E-state index in [2.05, 4.69) is 31.3 Å². The molecule has 3 nitrogen and oxygen atoms in total. The minimum atomic E-state index is -0.449. The average molecular weight is 265 g/mol. The average Bonchev–Trinajstić information content (AvgIpc) is 2.38. The van der Waals surface area contributed by atoms with Crippen LogP contribution in [-0.2, 0) is 11.2 Å². The summed E-state index contributed by atoms with van der Waals surface area (Å²) >= 11 is 0. The summed E-state index contributed by atoms with van der Waals surface area (Å²) in [4.78, 5) is 0. The number of hydrogen-bond donors (Lipinski definition) is 2. The first-order valence-corrected chi connectivity index (χ1v) is 7.18. The van der Waals surface area contributed by atoms with Gasteiger partial charge in [0, 0.05) is 19.7 Å². The molecular formula is C16H27NO2. The van der Waals surface area contributed by atoms with Crippen molar-refractivity contribution in [2.45, 2.75) is 33.3 Å². The van der Waals surface area contributed by atoms with Crippen molar-refractivity contribution >= 4 is 0 Å². The minimum Gasteiger partial charge on any atom is -0.387 e. The van der Waals surface area contributed by atoms with E-state index in [1.807, 2.05) is 19.1 Å². The predicted octanol–water partition coefficient (Wildman–Crippen LogP) is 2.54. The van der Waals surface area contributed by atoms with E-state index in [-0.39, 0.29) is 0 Å². The van der Waals surface area contributed by atoms with E-state index in [1.54, 1.807) is 0 Å². The van der Waals surface area contributed by atoms with Crippen LogP contribution in [0.1, 0.15) is 38.0 Å². The Morgan fingerprint density at radius 2 is 1.89 bits per heavy atom. The highest BCUT2D eigenvalue weighted by atomic mass is 16.5. The monoisotopic (exact) mass is 265 g/mol. The summed E-state index contributed by atoms with van der Waals surface area (Å²) in [6.07, 6.45) is 0.637. The van der Waals surface area contributed by atoms with Crippen molar-refractivity contribution in [3.63, 3.8) is 0 Å². The highest BCUT2D eigenvalue weighted by Gasteiger charge is 2.07. The van der Waals surface area contributed by atoms with Gasteiger partial charge in [0.05, 0.1) is 12.7 Å². The van der Waals surface area contributed by atoms with Gasteiger partial charge in [-0.25, -0.2) is 0 Å². The van der Waals surface area contributed by atoms with E-state index in [4.69, 9.17) is 4.74 Å². The molecule has 0 fully saturated rings. The topological polar surface area (TPSA) is 41.5 Å². The first-order chi connectivity index (χ1) is 9.13. The summed E-state index contributed by atoms with van der Waals surface area (Å²) < 4.78 is 5.23. The van der Waals surface area contributed by atoms with Crippen molar-refractivity contribution in [2.24, 2.45) is 5.92 Å². The van der Waals surface area contributed by atoms with Crippen molar-refractivity contribution < 1.29 is 9.84 Å². The second-order valence-corrected chi connectivity index (χ2v) is 5.26. The molecule has 1 rings (SSSR count). The van der Waals surface area contributed by atoms with Gasteiger partial charge in [-0.2, -0.15) is 0 Å². The molecule has 3 heteroatoms. The highest BCUT2D eigenvalue weighted by Crippen LogP contribution is 2.15. The van der Waals surface area contributed by atoms with Crippen molar-refractivity contribution in [3.05, 3.63) is 35.4 Å². The quantitative estimate of drug-likeness (QED) is 0.674. The molecule has 0 aliphatic heterocycles. The van der Waals surface area contributed by atoms with Crippen LogP contribution in [0.2, 0.25) is 0 Å². The molecule has 0 saturated heterocycles. The van der Waals surface area contributed by atoms with E-state index in [9.17, 15) is 5.11 Å². The fraction of sp³-hybridized carbons (Fsp3) is 0.625. The van der Waals surface area contributed by atoms with Gasteiger partial charge in [-0.05, 0) is 30.4 Å². The first-order valence-electron chi connectivity index (χ1n) is 7.18. The largest absolute Gasteiger partial charge is 0.387 e. The van der Waals surface area contributed by atoms with Crippen LogP contribution in [0.15, 0.2) is 24.3 Å². The van der Waals surface area contributed by atoms with Crippen LogP contribution in [-0.4, -0.2) is 31.4 Å². The van der Waals surface area contributed by atoms with Gasteiger partial charge < -0.3 is 15.2 Å². The van der Waals surface area contributed by atoms with Crippen molar-refractivity contribution in [3.8, 4) is 0 Å². The second kappa shape index (κ2) is 9.08. The van der Waals surface area contributed by atoms with Gasteiger partial charge in [-0.3, -0.25) is 0 Å². The Morgan fingerprint density at radius 1 is 1.21 bits per heavy atom. The van der Waals surface area contributed by atoms with Gasteiger partial charge in [-0.15, -0.1) is 0 Å². The molecular weight excluding hydrogens is 238 g/mol. The molecule has 1 atom stereocenters. The van der Waals surface area contributed by atoms with Crippen LogP contribution in [0.5, 0.6) is 0 Å². The molecule has 0 aromatic heterocycles. The van der Waals surface area contributed by atoms with Gasteiger partial charge in [0.2, 0.25) is 0 Å². The maximum atomic E-state index is 10.0. The zero-order chi connectivity index (χ0) is 14.1. The second-order valence-electron chi connectivity index (χ2n) is 5.26. The maximum Gasteiger partial charge on any atom is 0.0914 e. The van der Waals surface area contributed by atoms with Gasteiger partial charge in [0.15, 0.2) is 0 Å². The van der Waals surface area contributed by atoms with Crippen molar-refractivity contribution in [1.82, 2.24) is 5.32 Å². The number of ether oxygens (including phenoxy) is 1. The van der Waals surface area contributed by atoms with Crippen LogP contribution < -0.4 is 5.32 Å². The molecule has 2 N–H and O–H groups in total. The lowest BCUT2D eigenvalue weighted by molar-refractivity contribution is 0.138. The van der Waals surface area contributed by atoms with Gasteiger partial charge in [0.25, 0.3) is 0 Å². The predicted molar refractivity (Wildman–Crippen MR) is 79.3 cm³/mol. The molecule has 0 saturated carbocycles. The summed E-state index contributed by atoms with van der Waals surface area (Å²) in [5.74, 6) is 0.663. The minimum absolute atomic E-state index is 0.449. The van der Waals surface area contributed by atoms with Crippen LogP contribution in [0, 0.1) is 5.92 Å². The molecule has 0 spiro atoms. The Hall–Kier alpha value is -0.900. The number of aliphatic hydroxyl groups is 1. The van der Waals surface area contributed by atoms with E-state index in [1.165, 1.54) is 5.56 Å². The van der Waals surface area contributed by atoms with E-state index in [0.29, 0.717) is 19.1 Å². The molecule has 19 heavy (non-hydrogen) atoms. The van der Waals surface area contributed by atoms with Crippen molar-refractivity contribution in [2.75, 3.05) is 26.3 Å². The van der Waals surface area contributed by atoms with Crippen LogP contribution >= 0.6 is 0 Å². The number of hydrogen-bond acceptors (Lipinski definition) is 3. The van der Waals surface area contributed by atoms with Crippen molar-refractivity contribution in [1.29, 1.82) is 0 Å². The smallest absolute Gasteiger partial charge is 0.0914 e. The Balaban J connectivity index is 2.33. The highest BCUT2D eigenvalue weighted by molar-refractivity contribution is 5.24. The fourth-order valence-corrected chi connectivity index (χ4v) is 1.99. The standard InChI is InChI=1S/C16H27NO2/c1-4-19-10-9-17-12-16(18)15-7-5-14(6-8-15)11-13(2)3/h5-8,13,16-18H,4,9-12H2,1-3H3. The summed E-state index contributed by atoms with van der Waals surface area (Å²) in [6, 6.07) is 8.26. The van der Waals surface area contributed by atoms with Crippen LogP contribution in [0.4, 0.5) is 0 Å².